The SMILES string of the molecule is CC(C)=C1C(=O)N(N(C)C2CCCC2)C/C1=C/Cc1cccc(NS(C)(=O)=O)c1. The largest absolute Gasteiger partial charge is 0.284 e. The minimum Gasteiger partial charge on any atom is -0.284 e. The Labute approximate surface area is 174 Å². The van der Waals surface area contributed by atoms with Crippen molar-refractivity contribution < 1.29 is 13.2 Å². The Morgan fingerprint density at radius 2 is 1.97 bits per heavy atom. The molecule has 0 radical (unpaired) electrons. The smallest absolute Gasteiger partial charge is 0.268 e. The molecule has 0 bridgehead atoms. The van der Waals surface area contributed by atoms with E-state index in [0.29, 0.717) is 24.7 Å². The van der Waals surface area contributed by atoms with Crippen LogP contribution < -0.4 is 4.72 Å². The van der Waals surface area contributed by atoms with Crippen LogP contribution in [0.1, 0.15) is 45.1 Å². The number of hydrazine groups is 1. The molecule has 1 amide bonds. The second kappa shape index (κ2) is 8.71. The number of anilines is 1. The van der Waals surface area contributed by atoms with E-state index in [4.69, 9.17) is 0 Å². The van der Waals surface area contributed by atoms with E-state index in [1.165, 1.54) is 12.8 Å². The van der Waals surface area contributed by atoms with Crippen LogP contribution in [0.2, 0.25) is 0 Å². The average Bonchev–Trinajstić information content (AvgIpc) is 3.26. The summed E-state index contributed by atoms with van der Waals surface area (Å²) in [6, 6.07) is 7.81. The van der Waals surface area contributed by atoms with Crippen LogP contribution in [-0.4, -0.2) is 50.2 Å². The molecule has 0 aromatic heterocycles. The number of nitrogens with one attached hydrogen (secondary N) is 1. The van der Waals surface area contributed by atoms with Crippen molar-refractivity contribution in [1.29, 1.82) is 0 Å². The molecule has 29 heavy (non-hydrogen) atoms. The number of carbonyl (C=O) groups excluding carboxylic acids is 1. The van der Waals surface area contributed by atoms with Crippen molar-refractivity contribution >= 4 is 21.6 Å². The monoisotopic (exact) mass is 417 g/mol. The molecule has 0 spiro atoms. The molecule has 158 valence electrons. The summed E-state index contributed by atoms with van der Waals surface area (Å²) in [4.78, 5) is 13.1. The van der Waals surface area contributed by atoms with Crippen molar-refractivity contribution in [3.05, 3.63) is 52.6 Å². The van der Waals surface area contributed by atoms with Gasteiger partial charge < -0.3 is 0 Å². The third kappa shape index (κ3) is 5.28. The van der Waals surface area contributed by atoms with E-state index in [2.05, 4.69) is 15.8 Å². The molecule has 6 nitrogen and oxygen atoms in total. The van der Waals surface area contributed by atoms with Crippen molar-refractivity contribution in [3.63, 3.8) is 0 Å². The summed E-state index contributed by atoms with van der Waals surface area (Å²) in [5, 5.41) is 4.02. The van der Waals surface area contributed by atoms with E-state index < -0.39 is 10.0 Å². The Hall–Kier alpha value is -2.12. The molecule has 1 N–H and O–H groups in total. The van der Waals surface area contributed by atoms with Crippen LogP contribution in [0.3, 0.4) is 0 Å². The van der Waals surface area contributed by atoms with Crippen LogP contribution in [-0.2, 0) is 21.2 Å². The zero-order valence-electron chi connectivity index (χ0n) is 17.7. The van der Waals surface area contributed by atoms with Crippen molar-refractivity contribution in [3.8, 4) is 0 Å². The molecule has 2 aliphatic rings. The van der Waals surface area contributed by atoms with Gasteiger partial charge in [0.2, 0.25) is 10.0 Å². The minimum absolute atomic E-state index is 0.0816. The number of carbonyl (C=O) groups is 1. The first-order chi connectivity index (χ1) is 13.7. The summed E-state index contributed by atoms with van der Waals surface area (Å²) >= 11 is 0. The van der Waals surface area contributed by atoms with Gasteiger partial charge >= 0.3 is 0 Å². The minimum atomic E-state index is -3.31. The molecule has 7 heteroatoms. The summed E-state index contributed by atoms with van der Waals surface area (Å²) in [6.45, 7) is 4.56. The Kier molecular flexibility index (Phi) is 6.49. The van der Waals surface area contributed by atoms with E-state index in [0.717, 1.165) is 41.4 Å². The molecule has 1 heterocycles. The van der Waals surface area contributed by atoms with Gasteiger partial charge in [0.1, 0.15) is 0 Å². The fourth-order valence-corrected chi connectivity index (χ4v) is 4.78. The van der Waals surface area contributed by atoms with Gasteiger partial charge in [0.25, 0.3) is 5.91 Å². The summed E-state index contributed by atoms with van der Waals surface area (Å²) in [7, 11) is -1.28. The van der Waals surface area contributed by atoms with Gasteiger partial charge in [-0.1, -0.05) is 36.6 Å². The van der Waals surface area contributed by atoms with Crippen LogP contribution in [0.5, 0.6) is 0 Å². The van der Waals surface area contributed by atoms with Crippen LogP contribution in [0.15, 0.2) is 47.1 Å². The number of hydrogen-bond donors (Lipinski definition) is 1. The van der Waals surface area contributed by atoms with E-state index in [-0.39, 0.29) is 5.91 Å². The van der Waals surface area contributed by atoms with Gasteiger partial charge in [-0.05, 0) is 56.4 Å². The number of benzene rings is 1. The zero-order chi connectivity index (χ0) is 21.2. The molecule has 2 fully saturated rings. The Morgan fingerprint density at radius 3 is 2.59 bits per heavy atom. The van der Waals surface area contributed by atoms with Gasteiger partial charge in [0.15, 0.2) is 0 Å². The number of hydrogen-bond acceptors (Lipinski definition) is 4. The van der Waals surface area contributed by atoms with Crippen LogP contribution in [0, 0.1) is 0 Å². The van der Waals surface area contributed by atoms with Gasteiger partial charge in [-0.15, -0.1) is 0 Å². The van der Waals surface area contributed by atoms with Crippen LogP contribution in [0.25, 0.3) is 0 Å². The topological polar surface area (TPSA) is 69.7 Å². The van der Waals surface area contributed by atoms with Gasteiger partial charge in [-0.2, -0.15) is 0 Å². The summed E-state index contributed by atoms with van der Waals surface area (Å²) in [5.41, 5.74) is 4.42. The third-order valence-electron chi connectivity index (χ3n) is 5.64. The molecule has 1 saturated carbocycles. The summed E-state index contributed by atoms with van der Waals surface area (Å²) in [6.07, 6.45) is 8.62. The first kappa shape index (κ1) is 21.6. The standard InChI is InChI=1S/C22H31N3O3S/c1-16(2)21-18(15-25(22(21)26)24(3)20-10-5-6-11-20)13-12-17-8-7-9-19(14-17)23-29(4,27)28/h7-9,13-14,20,23H,5-6,10-12,15H2,1-4H3/b18-13-. The lowest BCUT2D eigenvalue weighted by atomic mass is 10.0. The summed E-state index contributed by atoms with van der Waals surface area (Å²) in [5.74, 6) is 0.0816. The van der Waals surface area contributed by atoms with Crippen LogP contribution in [0.4, 0.5) is 5.69 Å². The highest BCUT2D eigenvalue weighted by Crippen LogP contribution is 2.31. The van der Waals surface area contributed by atoms with Gasteiger partial charge in [0, 0.05) is 24.4 Å². The predicted molar refractivity (Wildman–Crippen MR) is 117 cm³/mol. The maximum atomic E-state index is 13.1. The Balaban J connectivity index is 1.80. The molecule has 1 aliphatic carbocycles. The number of sulfonamides is 1. The molecular weight excluding hydrogens is 386 g/mol. The zero-order valence-corrected chi connectivity index (χ0v) is 18.6. The lowest BCUT2D eigenvalue weighted by molar-refractivity contribution is -0.141. The Morgan fingerprint density at radius 1 is 1.28 bits per heavy atom. The normalized spacial score (nSPS) is 19.6. The molecule has 1 aliphatic heterocycles. The van der Waals surface area contributed by atoms with Gasteiger partial charge in [0.05, 0.1) is 12.8 Å². The van der Waals surface area contributed by atoms with Crippen molar-refractivity contribution in [2.75, 3.05) is 24.6 Å². The highest BCUT2D eigenvalue weighted by molar-refractivity contribution is 7.92. The second-order valence-electron chi connectivity index (χ2n) is 8.26. The van der Waals surface area contributed by atoms with Crippen molar-refractivity contribution in [1.82, 2.24) is 10.0 Å². The predicted octanol–water partition coefficient (Wildman–Crippen LogP) is 3.50. The van der Waals surface area contributed by atoms with Crippen molar-refractivity contribution in [2.24, 2.45) is 0 Å². The average molecular weight is 418 g/mol. The molecular formula is C22H31N3O3S. The summed E-state index contributed by atoms with van der Waals surface area (Å²) < 4.78 is 25.4. The lowest BCUT2D eigenvalue weighted by Gasteiger charge is -2.32. The van der Waals surface area contributed by atoms with Crippen molar-refractivity contribution in [2.45, 2.75) is 52.0 Å². The third-order valence-corrected chi connectivity index (χ3v) is 6.24. The van der Waals surface area contributed by atoms with E-state index in [1.807, 2.05) is 44.1 Å². The maximum Gasteiger partial charge on any atom is 0.268 e. The molecule has 3 rings (SSSR count). The highest BCUT2D eigenvalue weighted by atomic mass is 32.2. The maximum absolute atomic E-state index is 13.1. The molecule has 0 atom stereocenters. The van der Waals surface area contributed by atoms with Gasteiger partial charge in [-0.25, -0.2) is 13.4 Å². The number of nitrogens with zero attached hydrogens (tertiary/aromatic N) is 2. The lowest BCUT2D eigenvalue weighted by Crippen LogP contribution is -2.46. The van der Waals surface area contributed by atoms with Crippen LogP contribution >= 0.6 is 0 Å². The van der Waals surface area contributed by atoms with E-state index in [9.17, 15) is 13.2 Å². The van der Waals surface area contributed by atoms with Gasteiger partial charge in [-0.3, -0.25) is 14.5 Å². The molecule has 1 aromatic carbocycles. The molecule has 1 aromatic rings. The van der Waals surface area contributed by atoms with E-state index in [1.54, 1.807) is 6.07 Å². The Bertz CT molecular complexity index is 940. The first-order valence-electron chi connectivity index (χ1n) is 10.1. The highest BCUT2D eigenvalue weighted by Gasteiger charge is 2.36. The fraction of sp³-hybridized carbons (Fsp3) is 0.500. The molecule has 0 unspecified atom stereocenters. The quantitative estimate of drug-likeness (QED) is 0.720. The number of rotatable bonds is 6. The number of allylic oxidation sites excluding steroid dienone is 2. The first-order valence-corrected chi connectivity index (χ1v) is 12.0. The number of amides is 1. The second-order valence-corrected chi connectivity index (χ2v) is 10.0. The molecule has 1 saturated heterocycles. The van der Waals surface area contributed by atoms with E-state index >= 15 is 0 Å². The fourth-order valence-electron chi connectivity index (χ4n) is 4.23.